The number of hydrogen-bond acceptors (Lipinski definition) is 3. The Hall–Kier alpha value is -0.900. The second-order valence-electron chi connectivity index (χ2n) is 6.05. The lowest BCUT2D eigenvalue weighted by Crippen LogP contribution is -2.32. The van der Waals surface area contributed by atoms with Crippen LogP contribution >= 0.6 is 0 Å². The quantitative estimate of drug-likeness (QED) is 0.864. The third-order valence-electron chi connectivity index (χ3n) is 4.49. The SMILES string of the molecule is CNC(CN1CCC(COC)C1)c1ccc(C)c(C)c1. The monoisotopic (exact) mass is 276 g/mol. The van der Waals surface area contributed by atoms with Gasteiger partial charge in [0.25, 0.3) is 0 Å². The largest absolute Gasteiger partial charge is 0.384 e. The highest BCUT2D eigenvalue weighted by Gasteiger charge is 2.24. The zero-order chi connectivity index (χ0) is 14.5. The van der Waals surface area contributed by atoms with E-state index >= 15 is 0 Å². The molecular formula is C17H28N2O. The van der Waals surface area contributed by atoms with Crippen molar-refractivity contribution in [3.05, 3.63) is 34.9 Å². The van der Waals surface area contributed by atoms with Crippen LogP contribution in [0.25, 0.3) is 0 Å². The molecule has 2 atom stereocenters. The minimum Gasteiger partial charge on any atom is -0.384 e. The number of rotatable bonds is 6. The molecule has 2 rings (SSSR count). The first-order valence-corrected chi connectivity index (χ1v) is 7.59. The molecule has 1 N–H and O–H groups in total. The molecule has 3 heteroatoms. The van der Waals surface area contributed by atoms with Crippen molar-refractivity contribution < 1.29 is 4.74 Å². The molecule has 0 amide bonds. The van der Waals surface area contributed by atoms with E-state index in [1.807, 2.05) is 0 Å². The van der Waals surface area contributed by atoms with Crippen LogP contribution in [0.1, 0.15) is 29.2 Å². The lowest BCUT2D eigenvalue weighted by molar-refractivity contribution is 0.152. The molecule has 112 valence electrons. The first kappa shape index (κ1) is 15.5. The Labute approximate surface area is 123 Å². The van der Waals surface area contributed by atoms with E-state index in [-0.39, 0.29) is 0 Å². The molecule has 1 aliphatic rings. The lowest BCUT2D eigenvalue weighted by atomic mass is 10.0. The van der Waals surface area contributed by atoms with Crippen molar-refractivity contribution in [1.82, 2.24) is 10.2 Å². The van der Waals surface area contributed by atoms with Crippen molar-refractivity contribution in [3.8, 4) is 0 Å². The van der Waals surface area contributed by atoms with Crippen LogP contribution in [0.3, 0.4) is 0 Å². The molecule has 1 aliphatic heterocycles. The van der Waals surface area contributed by atoms with Gasteiger partial charge >= 0.3 is 0 Å². The first-order valence-electron chi connectivity index (χ1n) is 7.59. The Balaban J connectivity index is 1.97. The maximum atomic E-state index is 5.28. The standard InChI is InChI=1S/C17H28N2O/c1-13-5-6-16(9-14(13)2)17(18-3)11-19-8-7-15(10-19)12-20-4/h5-6,9,15,17-18H,7-8,10-12H2,1-4H3. The van der Waals surface area contributed by atoms with Crippen molar-refractivity contribution in [2.75, 3.05) is 40.4 Å². The van der Waals surface area contributed by atoms with Crippen LogP contribution in [-0.4, -0.2) is 45.3 Å². The molecule has 1 fully saturated rings. The van der Waals surface area contributed by atoms with Gasteiger partial charge in [-0.2, -0.15) is 0 Å². The molecule has 0 spiro atoms. The van der Waals surface area contributed by atoms with Gasteiger partial charge in [-0.3, -0.25) is 0 Å². The number of aryl methyl sites for hydroxylation is 2. The van der Waals surface area contributed by atoms with Gasteiger partial charge < -0.3 is 15.0 Å². The third kappa shape index (κ3) is 3.81. The molecule has 1 aromatic carbocycles. The number of ether oxygens (including phenoxy) is 1. The van der Waals surface area contributed by atoms with Crippen LogP contribution < -0.4 is 5.32 Å². The summed E-state index contributed by atoms with van der Waals surface area (Å²) in [4.78, 5) is 2.56. The number of likely N-dealkylation sites (N-methyl/N-ethyl adjacent to an activating group) is 1. The number of hydrogen-bond donors (Lipinski definition) is 1. The smallest absolute Gasteiger partial charge is 0.0503 e. The van der Waals surface area contributed by atoms with Crippen molar-refractivity contribution in [2.24, 2.45) is 5.92 Å². The van der Waals surface area contributed by atoms with Gasteiger partial charge in [-0.05, 0) is 56.5 Å². The maximum absolute atomic E-state index is 5.28. The van der Waals surface area contributed by atoms with Crippen LogP contribution in [0.15, 0.2) is 18.2 Å². The van der Waals surface area contributed by atoms with Gasteiger partial charge in [0.05, 0.1) is 6.61 Å². The van der Waals surface area contributed by atoms with Crippen molar-refractivity contribution in [3.63, 3.8) is 0 Å². The fourth-order valence-corrected chi connectivity index (χ4v) is 3.05. The van der Waals surface area contributed by atoms with E-state index < -0.39 is 0 Å². The number of benzene rings is 1. The molecule has 0 saturated carbocycles. The molecule has 0 aliphatic carbocycles. The van der Waals surface area contributed by atoms with E-state index in [1.165, 1.54) is 29.7 Å². The summed E-state index contributed by atoms with van der Waals surface area (Å²) >= 11 is 0. The fraction of sp³-hybridized carbons (Fsp3) is 0.647. The zero-order valence-electron chi connectivity index (χ0n) is 13.3. The highest BCUT2D eigenvalue weighted by atomic mass is 16.5. The van der Waals surface area contributed by atoms with Gasteiger partial charge in [-0.15, -0.1) is 0 Å². The Bertz CT molecular complexity index is 433. The third-order valence-corrected chi connectivity index (χ3v) is 4.49. The van der Waals surface area contributed by atoms with Crippen LogP contribution in [0.4, 0.5) is 0 Å². The molecule has 0 radical (unpaired) electrons. The van der Waals surface area contributed by atoms with Gasteiger partial charge in [0.15, 0.2) is 0 Å². The summed E-state index contributed by atoms with van der Waals surface area (Å²) in [6.45, 7) is 8.69. The van der Waals surface area contributed by atoms with Crippen LogP contribution in [0.5, 0.6) is 0 Å². The molecule has 20 heavy (non-hydrogen) atoms. The summed E-state index contributed by atoms with van der Waals surface area (Å²) in [7, 11) is 3.86. The van der Waals surface area contributed by atoms with Gasteiger partial charge in [0, 0.05) is 26.2 Å². The van der Waals surface area contributed by atoms with Crippen LogP contribution in [-0.2, 0) is 4.74 Å². The lowest BCUT2D eigenvalue weighted by Gasteiger charge is -2.24. The summed E-state index contributed by atoms with van der Waals surface area (Å²) in [5.41, 5.74) is 4.14. The summed E-state index contributed by atoms with van der Waals surface area (Å²) in [5, 5.41) is 3.47. The van der Waals surface area contributed by atoms with Gasteiger partial charge in [-0.1, -0.05) is 18.2 Å². The fourth-order valence-electron chi connectivity index (χ4n) is 3.05. The Morgan fingerprint density at radius 2 is 2.15 bits per heavy atom. The van der Waals surface area contributed by atoms with E-state index in [0.717, 1.165) is 19.7 Å². The van der Waals surface area contributed by atoms with Gasteiger partial charge in [0.2, 0.25) is 0 Å². The molecule has 1 heterocycles. The number of likely N-dealkylation sites (tertiary alicyclic amines) is 1. The zero-order valence-corrected chi connectivity index (χ0v) is 13.3. The molecule has 2 unspecified atom stereocenters. The minimum absolute atomic E-state index is 0.413. The first-order chi connectivity index (χ1) is 9.63. The molecule has 0 bridgehead atoms. The minimum atomic E-state index is 0.413. The predicted molar refractivity (Wildman–Crippen MR) is 84.1 cm³/mol. The van der Waals surface area contributed by atoms with E-state index in [2.05, 4.69) is 49.3 Å². The number of methoxy groups -OCH3 is 1. The van der Waals surface area contributed by atoms with Gasteiger partial charge in [-0.25, -0.2) is 0 Å². The second kappa shape index (κ2) is 7.21. The topological polar surface area (TPSA) is 24.5 Å². The highest BCUT2D eigenvalue weighted by molar-refractivity contribution is 5.31. The summed E-state index contributed by atoms with van der Waals surface area (Å²) in [6, 6.07) is 7.22. The van der Waals surface area contributed by atoms with E-state index in [1.54, 1.807) is 7.11 Å². The molecular weight excluding hydrogens is 248 g/mol. The Morgan fingerprint density at radius 1 is 1.35 bits per heavy atom. The van der Waals surface area contributed by atoms with E-state index in [0.29, 0.717) is 12.0 Å². The summed E-state index contributed by atoms with van der Waals surface area (Å²) in [6.07, 6.45) is 1.26. The Morgan fingerprint density at radius 3 is 2.80 bits per heavy atom. The molecule has 1 saturated heterocycles. The highest BCUT2D eigenvalue weighted by Crippen LogP contribution is 2.22. The predicted octanol–water partition coefficient (Wildman–Crippen LogP) is 2.53. The average Bonchev–Trinajstić information content (AvgIpc) is 2.87. The summed E-state index contributed by atoms with van der Waals surface area (Å²) < 4.78 is 5.28. The normalized spacial score (nSPS) is 21.3. The van der Waals surface area contributed by atoms with E-state index in [9.17, 15) is 0 Å². The Kier molecular flexibility index (Phi) is 5.58. The van der Waals surface area contributed by atoms with Crippen LogP contribution in [0, 0.1) is 19.8 Å². The van der Waals surface area contributed by atoms with Crippen molar-refractivity contribution in [2.45, 2.75) is 26.3 Å². The molecule has 1 aromatic rings. The molecule has 3 nitrogen and oxygen atoms in total. The number of nitrogens with zero attached hydrogens (tertiary/aromatic N) is 1. The second-order valence-corrected chi connectivity index (χ2v) is 6.05. The maximum Gasteiger partial charge on any atom is 0.0503 e. The average molecular weight is 276 g/mol. The van der Waals surface area contributed by atoms with E-state index in [4.69, 9.17) is 4.74 Å². The molecule has 0 aromatic heterocycles. The van der Waals surface area contributed by atoms with Crippen molar-refractivity contribution in [1.29, 1.82) is 0 Å². The van der Waals surface area contributed by atoms with Crippen molar-refractivity contribution >= 4 is 0 Å². The number of nitrogens with one attached hydrogen (secondary N) is 1. The van der Waals surface area contributed by atoms with Crippen LogP contribution in [0.2, 0.25) is 0 Å². The van der Waals surface area contributed by atoms with Gasteiger partial charge in [0.1, 0.15) is 0 Å². The summed E-state index contributed by atoms with van der Waals surface area (Å²) in [5.74, 6) is 0.706.